The number of aromatic carboxylic acids is 1. The average molecular weight is 509 g/mol. The third kappa shape index (κ3) is 5.33. The molecule has 0 saturated heterocycles. The van der Waals surface area contributed by atoms with Crippen molar-refractivity contribution < 1.29 is 19.0 Å². The molecule has 0 amide bonds. The molecule has 2 N–H and O–H groups in total. The molecule has 0 aromatic heterocycles. The van der Waals surface area contributed by atoms with Crippen molar-refractivity contribution in [2.75, 3.05) is 5.32 Å². The van der Waals surface area contributed by atoms with E-state index in [4.69, 9.17) is 9.84 Å². The highest BCUT2D eigenvalue weighted by Crippen LogP contribution is 2.34. The summed E-state index contributed by atoms with van der Waals surface area (Å²) in [6.45, 7) is 0.638. The van der Waals surface area contributed by atoms with Crippen LogP contribution >= 0.6 is 31.9 Å². The first-order chi connectivity index (χ1) is 13.4. The number of carboxylic acid groups (broad SMARTS) is 1. The largest absolute Gasteiger partial charge is 0.487 e. The molecule has 7 heteroatoms. The van der Waals surface area contributed by atoms with Crippen LogP contribution in [0.3, 0.4) is 0 Å². The molecule has 0 saturated carbocycles. The molecule has 3 aromatic carbocycles. The third-order valence-corrected chi connectivity index (χ3v) is 5.00. The van der Waals surface area contributed by atoms with E-state index in [9.17, 15) is 9.18 Å². The van der Waals surface area contributed by atoms with Crippen LogP contribution < -0.4 is 10.1 Å². The lowest BCUT2D eigenvalue weighted by Gasteiger charge is -2.16. The number of carbonyl (C=O) groups is 1. The van der Waals surface area contributed by atoms with Gasteiger partial charge in [-0.25, -0.2) is 9.18 Å². The molecule has 0 aliphatic carbocycles. The van der Waals surface area contributed by atoms with Crippen LogP contribution in [0, 0.1) is 5.82 Å². The minimum atomic E-state index is -0.979. The summed E-state index contributed by atoms with van der Waals surface area (Å²) in [5.41, 5.74) is 2.48. The Balaban J connectivity index is 1.78. The van der Waals surface area contributed by atoms with Gasteiger partial charge in [0.2, 0.25) is 0 Å². The lowest BCUT2D eigenvalue weighted by molar-refractivity contribution is 0.0697. The second-order valence-electron chi connectivity index (χ2n) is 6.03. The second kappa shape index (κ2) is 9.21. The molecular weight excluding hydrogens is 493 g/mol. The van der Waals surface area contributed by atoms with E-state index in [0.29, 0.717) is 18.0 Å². The number of rotatable bonds is 7. The molecule has 3 rings (SSSR count). The Bertz CT molecular complexity index is 1010. The summed E-state index contributed by atoms with van der Waals surface area (Å²) in [4.78, 5) is 11.1. The van der Waals surface area contributed by atoms with Crippen molar-refractivity contribution in [2.24, 2.45) is 0 Å². The highest BCUT2D eigenvalue weighted by Gasteiger charge is 2.12. The molecule has 0 unspecified atom stereocenters. The Kier molecular flexibility index (Phi) is 6.70. The zero-order valence-corrected chi connectivity index (χ0v) is 17.8. The van der Waals surface area contributed by atoms with Gasteiger partial charge in [-0.2, -0.15) is 0 Å². The maximum Gasteiger partial charge on any atom is 0.335 e. The Hall–Kier alpha value is -2.38. The monoisotopic (exact) mass is 507 g/mol. The SMILES string of the molecule is O=C(O)c1cccc(NCc2cc(Br)cc(Br)c2OCc2cccc(F)c2)c1. The first-order valence-electron chi connectivity index (χ1n) is 8.35. The van der Waals surface area contributed by atoms with E-state index < -0.39 is 5.97 Å². The van der Waals surface area contributed by atoms with Gasteiger partial charge in [-0.3, -0.25) is 0 Å². The Morgan fingerprint density at radius 1 is 1.07 bits per heavy atom. The smallest absolute Gasteiger partial charge is 0.335 e. The minimum absolute atomic E-state index is 0.211. The zero-order chi connectivity index (χ0) is 20.1. The van der Waals surface area contributed by atoms with Gasteiger partial charge in [0.1, 0.15) is 18.2 Å². The van der Waals surface area contributed by atoms with Crippen LogP contribution in [0.5, 0.6) is 5.75 Å². The van der Waals surface area contributed by atoms with Crippen molar-refractivity contribution in [1.82, 2.24) is 0 Å². The van der Waals surface area contributed by atoms with Crippen LogP contribution in [0.2, 0.25) is 0 Å². The van der Waals surface area contributed by atoms with Crippen LogP contribution in [0.1, 0.15) is 21.5 Å². The first kappa shape index (κ1) is 20.4. The van der Waals surface area contributed by atoms with Gasteiger partial charge in [0.15, 0.2) is 0 Å². The topological polar surface area (TPSA) is 58.6 Å². The maximum atomic E-state index is 13.4. The highest BCUT2D eigenvalue weighted by atomic mass is 79.9. The first-order valence-corrected chi connectivity index (χ1v) is 9.93. The molecule has 0 atom stereocenters. The van der Waals surface area contributed by atoms with Gasteiger partial charge in [-0.15, -0.1) is 0 Å². The summed E-state index contributed by atoms with van der Waals surface area (Å²) in [5, 5.41) is 12.3. The van der Waals surface area contributed by atoms with Crippen molar-refractivity contribution in [1.29, 1.82) is 0 Å². The fourth-order valence-electron chi connectivity index (χ4n) is 2.65. The summed E-state index contributed by atoms with van der Waals surface area (Å²) in [5.74, 6) is -0.654. The van der Waals surface area contributed by atoms with Crippen LogP contribution in [0.25, 0.3) is 0 Å². The molecule has 0 fully saturated rings. The Morgan fingerprint density at radius 3 is 2.61 bits per heavy atom. The number of benzene rings is 3. The number of ether oxygens (including phenoxy) is 1. The van der Waals surface area contributed by atoms with E-state index in [1.165, 1.54) is 18.2 Å². The van der Waals surface area contributed by atoms with Gasteiger partial charge in [-0.05, 0) is 64.0 Å². The van der Waals surface area contributed by atoms with Gasteiger partial charge >= 0.3 is 5.97 Å². The summed E-state index contributed by atoms with van der Waals surface area (Å²) >= 11 is 6.98. The molecule has 0 bridgehead atoms. The zero-order valence-electron chi connectivity index (χ0n) is 14.6. The molecular formula is C21H16Br2FNO3. The highest BCUT2D eigenvalue weighted by molar-refractivity contribution is 9.11. The Labute approximate surface area is 178 Å². The third-order valence-electron chi connectivity index (χ3n) is 3.95. The molecule has 0 aliphatic heterocycles. The summed E-state index contributed by atoms with van der Waals surface area (Å²) < 4.78 is 21.0. The Morgan fingerprint density at radius 2 is 1.86 bits per heavy atom. The standard InChI is InChI=1S/C21H16Br2FNO3/c22-16-8-15(11-25-18-6-2-4-14(9-18)21(26)27)20(19(23)10-16)28-12-13-3-1-5-17(24)7-13/h1-10,25H,11-12H2,(H,26,27). The number of nitrogens with one attached hydrogen (secondary N) is 1. The lowest BCUT2D eigenvalue weighted by Crippen LogP contribution is -2.05. The van der Waals surface area contributed by atoms with E-state index >= 15 is 0 Å². The summed E-state index contributed by atoms with van der Waals surface area (Å²) in [6, 6.07) is 16.6. The van der Waals surface area contributed by atoms with E-state index in [1.807, 2.05) is 12.1 Å². The molecule has 0 spiro atoms. The molecule has 144 valence electrons. The summed E-state index contributed by atoms with van der Waals surface area (Å²) in [7, 11) is 0. The van der Waals surface area contributed by atoms with Crippen LogP contribution in [0.15, 0.2) is 69.6 Å². The molecule has 0 aliphatic rings. The van der Waals surface area contributed by atoms with Gasteiger partial charge in [0.25, 0.3) is 0 Å². The van der Waals surface area contributed by atoms with Crippen molar-refractivity contribution in [3.05, 3.63) is 92.1 Å². The van der Waals surface area contributed by atoms with Gasteiger partial charge in [-0.1, -0.05) is 34.1 Å². The van der Waals surface area contributed by atoms with E-state index in [0.717, 1.165) is 20.1 Å². The molecule has 28 heavy (non-hydrogen) atoms. The number of halogens is 3. The van der Waals surface area contributed by atoms with E-state index in [2.05, 4.69) is 37.2 Å². The van der Waals surface area contributed by atoms with Crippen LogP contribution in [-0.2, 0) is 13.2 Å². The average Bonchev–Trinajstić information content (AvgIpc) is 2.65. The lowest BCUT2D eigenvalue weighted by atomic mass is 10.1. The van der Waals surface area contributed by atoms with Crippen molar-refractivity contribution in [2.45, 2.75) is 13.2 Å². The second-order valence-corrected chi connectivity index (χ2v) is 7.80. The summed E-state index contributed by atoms with van der Waals surface area (Å²) in [6.07, 6.45) is 0. The number of anilines is 1. The van der Waals surface area contributed by atoms with Gasteiger partial charge in [0, 0.05) is 22.3 Å². The fourth-order valence-corrected chi connectivity index (χ4v) is 4.08. The van der Waals surface area contributed by atoms with Crippen LogP contribution in [-0.4, -0.2) is 11.1 Å². The van der Waals surface area contributed by atoms with E-state index in [-0.39, 0.29) is 18.0 Å². The van der Waals surface area contributed by atoms with E-state index in [1.54, 1.807) is 30.3 Å². The van der Waals surface area contributed by atoms with Gasteiger partial charge in [0.05, 0.1) is 10.0 Å². The maximum absolute atomic E-state index is 13.4. The van der Waals surface area contributed by atoms with Crippen LogP contribution in [0.4, 0.5) is 10.1 Å². The molecule has 0 heterocycles. The van der Waals surface area contributed by atoms with Crippen molar-refractivity contribution >= 4 is 43.5 Å². The minimum Gasteiger partial charge on any atom is -0.487 e. The number of carboxylic acids is 1. The van der Waals surface area contributed by atoms with Gasteiger partial charge < -0.3 is 15.2 Å². The fraction of sp³-hybridized carbons (Fsp3) is 0.0952. The van der Waals surface area contributed by atoms with Crippen molar-refractivity contribution in [3.8, 4) is 5.75 Å². The predicted octanol–water partition coefficient (Wildman–Crippen LogP) is 6.24. The molecule has 4 nitrogen and oxygen atoms in total. The normalized spacial score (nSPS) is 10.5. The predicted molar refractivity (Wildman–Crippen MR) is 113 cm³/mol. The number of hydrogen-bond acceptors (Lipinski definition) is 3. The molecule has 0 radical (unpaired) electrons. The number of hydrogen-bond donors (Lipinski definition) is 2. The van der Waals surface area contributed by atoms with Crippen molar-refractivity contribution in [3.63, 3.8) is 0 Å². The molecule has 3 aromatic rings. The quantitative estimate of drug-likeness (QED) is 0.396.